The SMILES string of the molecule is CC(CC(Cc1ccc(-c2ccccc2)cc1)N1C(=O)CCC1=O)C(=O)O. The van der Waals surface area contributed by atoms with Crippen molar-refractivity contribution >= 4 is 17.8 Å². The summed E-state index contributed by atoms with van der Waals surface area (Å²) in [5.74, 6) is -1.95. The lowest BCUT2D eigenvalue weighted by atomic mass is 9.94. The van der Waals surface area contributed by atoms with E-state index >= 15 is 0 Å². The number of hydrogen-bond acceptors (Lipinski definition) is 3. The van der Waals surface area contributed by atoms with E-state index in [1.807, 2.05) is 54.6 Å². The number of aliphatic carboxylic acids is 1. The summed E-state index contributed by atoms with van der Waals surface area (Å²) in [6, 6.07) is 17.6. The molecule has 3 rings (SSSR count). The Bertz CT molecular complexity index is 813. The van der Waals surface area contributed by atoms with E-state index in [0.29, 0.717) is 6.42 Å². The molecule has 140 valence electrons. The van der Waals surface area contributed by atoms with Crippen LogP contribution in [0.25, 0.3) is 11.1 Å². The number of amides is 2. The van der Waals surface area contributed by atoms with Gasteiger partial charge in [0.15, 0.2) is 0 Å². The number of hydrogen-bond donors (Lipinski definition) is 1. The summed E-state index contributed by atoms with van der Waals surface area (Å²) in [5, 5.41) is 9.25. The third kappa shape index (κ3) is 4.42. The average molecular weight is 365 g/mol. The van der Waals surface area contributed by atoms with E-state index in [2.05, 4.69) is 0 Å². The van der Waals surface area contributed by atoms with Gasteiger partial charge in [-0.3, -0.25) is 19.3 Å². The summed E-state index contributed by atoms with van der Waals surface area (Å²) < 4.78 is 0. The summed E-state index contributed by atoms with van der Waals surface area (Å²) in [5.41, 5.74) is 3.18. The standard InChI is InChI=1S/C22H23NO4/c1-15(22(26)27)13-19(23-20(24)11-12-21(23)25)14-16-7-9-18(10-8-16)17-5-3-2-4-6-17/h2-10,15,19H,11-14H2,1H3,(H,26,27). The zero-order valence-corrected chi connectivity index (χ0v) is 15.3. The lowest BCUT2D eigenvalue weighted by Gasteiger charge is -2.28. The Kier molecular flexibility index (Phi) is 5.69. The van der Waals surface area contributed by atoms with Gasteiger partial charge in [-0.25, -0.2) is 0 Å². The molecule has 0 spiro atoms. The van der Waals surface area contributed by atoms with Gasteiger partial charge >= 0.3 is 5.97 Å². The van der Waals surface area contributed by atoms with Crippen LogP contribution in [-0.2, 0) is 20.8 Å². The van der Waals surface area contributed by atoms with Crippen LogP contribution in [0.2, 0.25) is 0 Å². The lowest BCUT2D eigenvalue weighted by Crippen LogP contribution is -2.42. The van der Waals surface area contributed by atoms with E-state index in [9.17, 15) is 19.5 Å². The van der Waals surface area contributed by atoms with Gasteiger partial charge in [0.05, 0.1) is 5.92 Å². The quantitative estimate of drug-likeness (QED) is 0.762. The molecule has 2 aromatic carbocycles. The van der Waals surface area contributed by atoms with Crippen molar-refractivity contribution in [3.05, 3.63) is 60.2 Å². The summed E-state index contributed by atoms with van der Waals surface area (Å²) in [6.45, 7) is 1.61. The van der Waals surface area contributed by atoms with Crippen molar-refractivity contribution in [1.82, 2.24) is 4.90 Å². The first-order valence-electron chi connectivity index (χ1n) is 9.17. The number of likely N-dealkylation sites (tertiary alicyclic amines) is 1. The summed E-state index contributed by atoms with van der Waals surface area (Å²) in [6.07, 6.45) is 1.14. The van der Waals surface area contributed by atoms with Crippen LogP contribution in [0.5, 0.6) is 0 Å². The van der Waals surface area contributed by atoms with Crippen molar-refractivity contribution in [1.29, 1.82) is 0 Å². The first kappa shape index (κ1) is 18.8. The number of benzene rings is 2. The van der Waals surface area contributed by atoms with Gasteiger partial charge in [0.25, 0.3) is 0 Å². The smallest absolute Gasteiger partial charge is 0.306 e. The minimum atomic E-state index is -0.918. The minimum Gasteiger partial charge on any atom is -0.481 e. The van der Waals surface area contributed by atoms with Gasteiger partial charge in [-0.1, -0.05) is 61.5 Å². The monoisotopic (exact) mass is 365 g/mol. The third-order valence-corrected chi connectivity index (χ3v) is 5.03. The number of rotatable bonds is 7. The van der Waals surface area contributed by atoms with Gasteiger partial charge in [-0.15, -0.1) is 0 Å². The highest BCUT2D eigenvalue weighted by Crippen LogP contribution is 2.25. The molecule has 1 N–H and O–H groups in total. The second kappa shape index (κ2) is 8.16. The van der Waals surface area contributed by atoms with Gasteiger partial charge in [-0.05, 0) is 29.5 Å². The number of carbonyl (C=O) groups excluding carboxylic acids is 2. The predicted octanol–water partition coefficient (Wildman–Crippen LogP) is 3.52. The summed E-state index contributed by atoms with van der Waals surface area (Å²) in [7, 11) is 0. The molecule has 27 heavy (non-hydrogen) atoms. The molecule has 5 nitrogen and oxygen atoms in total. The molecular formula is C22H23NO4. The van der Waals surface area contributed by atoms with E-state index in [-0.39, 0.29) is 31.1 Å². The summed E-state index contributed by atoms with van der Waals surface area (Å²) in [4.78, 5) is 36.9. The summed E-state index contributed by atoms with van der Waals surface area (Å²) >= 11 is 0. The maximum absolute atomic E-state index is 12.2. The predicted molar refractivity (Wildman–Crippen MR) is 102 cm³/mol. The van der Waals surface area contributed by atoms with E-state index in [1.54, 1.807) is 6.92 Å². The average Bonchev–Trinajstić information content (AvgIpc) is 3.00. The molecule has 1 fully saturated rings. The molecule has 1 aliphatic heterocycles. The number of nitrogens with zero attached hydrogens (tertiary/aromatic N) is 1. The third-order valence-electron chi connectivity index (χ3n) is 5.03. The van der Waals surface area contributed by atoms with Crippen LogP contribution in [0.1, 0.15) is 31.7 Å². The maximum Gasteiger partial charge on any atom is 0.306 e. The van der Waals surface area contributed by atoms with Crippen LogP contribution in [0.3, 0.4) is 0 Å². The Morgan fingerprint density at radius 2 is 1.52 bits per heavy atom. The molecule has 0 radical (unpaired) electrons. The van der Waals surface area contributed by atoms with Crippen LogP contribution < -0.4 is 0 Å². The van der Waals surface area contributed by atoms with Crippen LogP contribution in [0, 0.1) is 5.92 Å². The molecule has 1 saturated heterocycles. The number of carboxylic acids is 1. The molecule has 2 atom stereocenters. The zero-order valence-electron chi connectivity index (χ0n) is 15.3. The van der Waals surface area contributed by atoms with Crippen molar-refractivity contribution in [2.75, 3.05) is 0 Å². The largest absolute Gasteiger partial charge is 0.481 e. The fraction of sp³-hybridized carbons (Fsp3) is 0.318. The number of imide groups is 1. The molecule has 2 unspecified atom stereocenters. The molecule has 5 heteroatoms. The van der Waals surface area contributed by atoms with E-state index in [4.69, 9.17) is 0 Å². The molecule has 0 aromatic heterocycles. The van der Waals surface area contributed by atoms with Crippen LogP contribution >= 0.6 is 0 Å². The highest BCUT2D eigenvalue weighted by atomic mass is 16.4. The van der Waals surface area contributed by atoms with Crippen molar-refractivity contribution < 1.29 is 19.5 Å². The van der Waals surface area contributed by atoms with Crippen molar-refractivity contribution in [3.8, 4) is 11.1 Å². The Balaban J connectivity index is 1.80. The highest BCUT2D eigenvalue weighted by Gasteiger charge is 2.36. The van der Waals surface area contributed by atoms with Crippen LogP contribution in [0.4, 0.5) is 0 Å². The Morgan fingerprint density at radius 1 is 0.963 bits per heavy atom. The van der Waals surface area contributed by atoms with Gasteiger partial charge in [0.2, 0.25) is 11.8 Å². The molecule has 2 aromatic rings. The Morgan fingerprint density at radius 3 is 2.07 bits per heavy atom. The van der Waals surface area contributed by atoms with Gasteiger partial charge in [-0.2, -0.15) is 0 Å². The normalized spacial score (nSPS) is 16.4. The fourth-order valence-electron chi connectivity index (χ4n) is 3.53. The second-order valence-electron chi connectivity index (χ2n) is 7.05. The number of carbonyl (C=O) groups is 3. The van der Waals surface area contributed by atoms with Crippen molar-refractivity contribution in [2.24, 2.45) is 5.92 Å². The molecule has 0 aliphatic carbocycles. The molecule has 0 bridgehead atoms. The van der Waals surface area contributed by atoms with Crippen molar-refractivity contribution in [2.45, 2.75) is 38.6 Å². The second-order valence-corrected chi connectivity index (χ2v) is 7.05. The first-order chi connectivity index (χ1) is 13.0. The van der Waals surface area contributed by atoms with E-state index in [0.717, 1.165) is 16.7 Å². The van der Waals surface area contributed by atoms with E-state index < -0.39 is 17.9 Å². The molecular weight excluding hydrogens is 342 g/mol. The number of carboxylic acid groups (broad SMARTS) is 1. The molecule has 2 amide bonds. The van der Waals surface area contributed by atoms with Gasteiger partial charge in [0, 0.05) is 18.9 Å². The van der Waals surface area contributed by atoms with Gasteiger partial charge < -0.3 is 5.11 Å². The molecule has 1 aliphatic rings. The topological polar surface area (TPSA) is 74.7 Å². The Hall–Kier alpha value is -2.95. The maximum atomic E-state index is 12.2. The van der Waals surface area contributed by atoms with E-state index in [1.165, 1.54) is 4.90 Å². The fourth-order valence-corrected chi connectivity index (χ4v) is 3.53. The highest BCUT2D eigenvalue weighted by molar-refractivity contribution is 6.02. The van der Waals surface area contributed by atoms with Crippen LogP contribution in [0.15, 0.2) is 54.6 Å². The van der Waals surface area contributed by atoms with Crippen LogP contribution in [-0.4, -0.2) is 33.8 Å². The minimum absolute atomic E-state index is 0.205. The van der Waals surface area contributed by atoms with Gasteiger partial charge in [0.1, 0.15) is 0 Å². The first-order valence-corrected chi connectivity index (χ1v) is 9.17. The lowest BCUT2D eigenvalue weighted by molar-refractivity contribution is -0.146. The zero-order chi connectivity index (χ0) is 19.4. The van der Waals surface area contributed by atoms with Crippen molar-refractivity contribution in [3.63, 3.8) is 0 Å². The Labute approximate surface area is 158 Å². The molecule has 0 saturated carbocycles. The molecule has 1 heterocycles.